The van der Waals surface area contributed by atoms with Crippen molar-refractivity contribution in [2.75, 3.05) is 13.2 Å². The lowest BCUT2D eigenvalue weighted by Crippen LogP contribution is -2.47. The van der Waals surface area contributed by atoms with Gasteiger partial charge < -0.3 is 15.4 Å². The fraction of sp³-hybridized carbons (Fsp3) is 0.400. The predicted molar refractivity (Wildman–Crippen MR) is 73.6 cm³/mol. The Balaban J connectivity index is 1.95. The zero-order valence-electron chi connectivity index (χ0n) is 10.8. The topological polar surface area (TPSA) is 50.4 Å². The number of carbonyl (C=O) groups is 1. The lowest BCUT2D eigenvalue weighted by Gasteiger charge is -2.23. The van der Waals surface area contributed by atoms with Crippen molar-refractivity contribution in [1.82, 2.24) is 10.6 Å². The van der Waals surface area contributed by atoms with Crippen molar-refractivity contribution in [1.29, 1.82) is 0 Å². The zero-order valence-corrected chi connectivity index (χ0v) is 10.8. The van der Waals surface area contributed by atoms with Gasteiger partial charge in [0.2, 0.25) is 5.91 Å². The first-order valence-corrected chi connectivity index (χ1v) is 6.46. The van der Waals surface area contributed by atoms with E-state index in [0.717, 1.165) is 30.7 Å². The molecule has 0 bridgehead atoms. The van der Waals surface area contributed by atoms with Crippen molar-refractivity contribution < 1.29 is 9.53 Å². The Hall–Kier alpha value is -1.99. The Morgan fingerprint density at radius 1 is 1.47 bits per heavy atom. The molecule has 19 heavy (non-hydrogen) atoms. The smallest absolute Gasteiger partial charge is 0.237 e. The molecule has 2 rings (SSSR count). The molecule has 1 saturated heterocycles. The van der Waals surface area contributed by atoms with E-state index in [4.69, 9.17) is 11.2 Å². The summed E-state index contributed by atoms with van der Waals surface area (Å²) >= 11 is 0. The van der Waals surface area contributed by atoms with Gasteiger partial charge in [-0.25, -0.2) is 0 Å². The number of para-hydroxylation sites is 1. The highest BCUT2D eigenvalue weighted by molar-refractivity contribution is 5.82. The van der Waals surface area contributed by atoms with Crippen LogP contribution in [0.4, 0.5) is 0 Å². The summed E-state index contributed by atoms with van der Waals surface area (Å²) < 4.78 is 5.48. The first-order valence-electron chi connectivity index (χ1n) is 6.46. The van der Waals surface area contributed by atoms with Crippen LogP contribution < -0.4 is 15.4 Å². The molecule has 0 radical (unpaired) electrons. The molecule has 1 fully saturated rings. The van der Waals surface area contributed by atoms with Crippen LogP contribution in [0.5, 0.6) is 5.75 Å². The second-order valence-corrected chi connectivity index (χ2v) is 4.47. The first kappa shape index (κ1) is 13.4. The number of carbonyl (C=O) groups excluding carboxylic acids is 1. The van der Waals surface area contributed by atoms with Crippen LogP contribution in [0.1, 0.15) is 18.4 Å². The van der Waals surface area contributed by atoms with Gasteiger partial charge in [-0.2, -0.15) is 0 Å². The molecule has 1 heterocycles. The quantitative estimate of drug-likeness (QED) is 0.777. The van der Waals surface area contributed by atoms with Gasteiger partial charge in [0.1, 0.15) is 12.4 Å². The number of rotatable bonds is 5. The standard InChI is InChI=1S/C15H18N2O2/c1-2-10-19-14-8-4-3-6-12(14)11-17-13-7-5-9-16-15(13)18/h1,3-4,6,8,13,17H,5,7,9-11H2,(H,16,18). The maximum absolute atomic E-state index is 11.6. The van der Waals surface area contributed by atoms with Gasteiger partial charge in [0.25, 0.3) is 0 Å². The SMILES string of the molecule is C#CCOc1ccccc1CNC1CCCNC1=O. The van der Waals surface area contributed by atoms with Crippen LogP contribution in [0, 0.1) is 12.3 Å². The molecule has 2 N–H and O–H groups in total. The average molecular weight is 258 g/mol. The van der Waals surface area contributed by atoms with Crippen molar-refractivity contribution in [2.24, 2.45) is 0 Å². The summed E-state index contributed by atoms with van der Waals surface area (Å²) in [6.45, 7) is 1.62. The predicted octanol–water partition coefficient (Wildman–Crippen LogP) is 1.07. The largest absolute Gasteiger partial charge is 0.481 e. The molecule has 1 unspecified atom stereocenters. The van der Waals surface area contributed by atoms with Crippen LogP contribution in [-0.2, 0) is 11.3 Å². The molecule has 1 aromatic carbocycles. The number of hydrogen-bond donors (Lipinski definition) is 2. The molecule has 0 saturated carbocycles. The second kappa shape index (κ2) is 6.81. The Labute approximate surface area is 113 Å². The highest BCUT2D eigenvalue weighted by Crippen LogP contribution is 2.18. The molecule has 0 aliphatic carbocycles. The molecule has 100 valence electrons. The van der Waals surface area contributed by atoms with E-state index < -0.39 is 0 Å². The summed E-state index contributed by atoms with van der Waals surface area (Å²) in [7, 11) is 0. The Morgan fingerprint density at radius 3 is 3.11 bits per heavy atom. The van der Waals surface area contributed by atoms with Crippen molar-refractivity contribution in [3.63, 3.8) is 0 Å². The number of ether oxygens (including phenoxy) is 1. The minimum absolute atomic E-state index is 0.0771. The van der Waals surface area contributed by atoms with Crippen LogP contribution >= 0.6 is 0 Å². The molecule has 1 amide bonds. The van der Waals surface area contributed by atoms with Gasteiger partial charge in [-0.05, 0) is 18.9 Å². The third kappa shape index (κ3) is 3.73. The fourth-order valence-corrected chi connectivity index (χ4v) is 2.11. The summed E-state index contributed by atoms with van der Waals surface area (Å²) in [6, 6.07) is 7.59. The number of benzene rings is 1. The molecular formula is C15H18N2O2. The minimum Gasteiger partial charge on any atom is -0.481 e. The summed E-state index contributed by atoms with van der Waals surface area (Å²) in [5.41, 5.74) is 1.01. The molecule has 0 spiro atoms. The molecule has 4 nitrogen and oxygen atoms in total. The molecule has 4 heteroatoms. The summed E-state index contributed by atoms with van der Waals surface area (Å²) in [5.74, 6) is 3.29. The third-order valence-electron chi connectivity index (χ3n) is 3.11. The van der Waals surface area contributed by atoms with Gasteiger partial charge in [-0.15, -0.1) is 6.42 Å². The van der Waals surface area contributed by atoms with E-state index in [0.29, 0.717) is 6.54 Å². The van der Waals surface area contributed by atoms with Crippen LogP contribution in [0.2, 0.25) is 0 Å². The number of amides is 1. The number of nitrogens with one attached hydrogen (secondary N) is 2. The van der Waals surface area contributed by atoms with Crippen LogP contribution in [0.25, 0.3) is 0 Å². The minimum atomic E-state index is -0.116. The highest BCUT2D eigenvalue weighted by atomic mass is 16.5. The van der Waals surface area contributed by atoms with E-state index in [2.05, 4.69) is 16.6 Å². The van der Waals surface area contributed by atoms with Crippen molar-refractivity contribution in [2.45, 2.75) is 25.4 Å². The van der Waals surface area contributed by atoms with E-state index in [1.54, 1.807) is 0 Å². The fourth-order valence-electron chi connectivity index (χ4n) is 2.11. The van der Waals surface area contributed by atoms with Gasteiger partial charge in [0, 0.05) is 18.7 Å². The zero-order chi connectivity index (χ0) is 13.5. The molecular weight excluding hydrogens is 240 g/mol. The maximum Gasteiger partial charge on any atom is 0.237 e. The first-order chi connectivity index (χ1) is 9.31. The van der Waals surface area contributed by atoms with E-state index >= 15 is 0 Å². The highest BCUT2D eigenvalue weighted by Gasteiger charge is 2.21. The lowest BCUT2D eigenvalue weighted by molar-refractivity contribution is -0.124. The van der Waals surface area contributed by atoms with Crippen molar-refractivity contribution in [3.8, 4) is 18.1 Å². The second-order valence-electron chi connectivity index (χ2n) is 4.47. The molecule has 1 aromatic rings. The maximum atomic E-state index is 11.6. The van der Waals surface area contributed by atoms with E-state index in [-0.39, 0.29) is 18.6 Å². The van der Waals surface area contributed by atoms with Crippen LogP contribution in [0.15, 0.2) is 24.3 Å². The van der Waals surface area contributed by atoms with Crippen molar-refractivity contribution in [3.05, 3.63) is 29.8 Å². The van der Waals surface area contributed by atoms with Crippen molar-refractivity contribution >= 4 is 5.91 Å². The van der Waals surface area contributed by atoms with Gasteiger partial charge >= 0.3 is 0 Å². The monoisotopic (exact) mass is 258 g/mol. The normalized spacial score (nSPS) is 18.5. The molecule has 0 aromatic heterocycles. The number of piperidine rings is 1. The van der Waals surface area contributed by atoms with Crippen LogP contribution in [-0.4, -0.2) is 25.1 Å². The van der Waals surface area contributed by atoms with Gasteiger partial charge in [0.15, 0.2) is 0 Å². The van der Waals surface area contributed by atoms with Gasteiger partial charge in [-0.1, -0.05) is 24.1 Å². The average Bonchev–Trinajstić information content (AvgIpc) is 2.45. The molecule has 1 atom stereocenters. The summed E-state index contributed by atoms with van der Waals surface area (Å²) in [4.78, 5) is 11.6. The number of hydrogen-bond acceptors (Lipinski definition) is 3. The van der Waals surface area contributed by atoms with Crippen LogP contribution in [0.3, 0.4) is 0 Å². The Morgan fingerprint density at radius 2 is 2.32 bits per heavy atom. The summed E-state index contributed by atoms with van der Waals surface area (Å²) in [5, 5.41) is 6.12. The van der Waals surface area contributed by atoms with E-state index in [9.17, 15) is 4.79 Å². The lowest BCUT2D eigenvalue weighted by atomic mass is 10.1. The molecule has 1 aliphatic rings. The Bertz CT molecular complexity index is 479. The third-order valence-corrected chi connectivity index (χ3v) is 3.11. The summed E-state index contributed by atoms with van der Waals surface area (Å²) in [6.07, 6.45) is 7.08. The Kier molecular flexibility index (Phi) is 4.82. The van der Waals surface area contributed by atoms with E-state index in [1.165, 1.54) is 0 Å². The molecule has 1 aliphatic heterocycles. The number of terminal acetylenes is 1. The van der Waals surface area contributed by atoms with Gasteiger partial charge in [0.05, 0.1) is 6.04 Å². The van der Waals surface area contributed by atoms with Gasteiger partial charge in [-0.3, -0.25) is 4.79 Å². The van der Waals surface area contributed by atoms with E-state index in [1.807, 2.05) is 24.3 Å².